The predicted octanol–water partition coefficient (Wildman–Crippen LogP) is 1.13. The summed E-state index contributed by atoms with van der Waals surface area (Å²) in [6.45, 7) is 3.85. The van der Waals surface area contributed by atoms with Crippen LogP contribution in [-0.4, -0.2) is 24.0 Å². The maximum Gasteiger partial charge on any atom is 0.318 e. The molecule has 0 aromatic rings. The van der Waals surface area contributed by atoms with Gasteiger partial charge in [-0.25, -0.2) is 4.79 Å². The molecule has 0 aromatic carbocycles. The Morgan fingerprint density at radius 2 is 1.76 bits per heavy atom. The van der Waals surface area contributed by atoms with Crippen molar-refractivity contribution in [2.45, 2.75) is 58.0 Å². The zero-order valence-electron chi connectivity index (χ0n) is 10.7. The highest BCUT2D eigenvalue weighted by Gasteiger charge is 2.23. The number of hydrogen-bond acceptors (Lipinski definition) is 3. The Kier molecular flexibility index (Phi) is 5.41. The molecule has 5 nitrogen and oxygen atoms in total. The standard InChI is InChI=1S/C12H23N3O2/c1-8(10-6-4-3-5-7-10)14-9(2)11(16)15-12(13)17/h8-10,14H,3-7H2,1-2H3,(H3,13,15,16,17)/t8-,9?/m0/s1. The van der Waals surface area contributed by atoms with E-state index in [-0.39, 0.29) is 11.9 Å². The van der Waals surface area contributed by atoms with E-state index in [1.54, 1.807) is 6.92 Å². The molecule has 98 valence electrons. The first-order valence-corrected chi connectivity index (χ1v) is 6.37. The normalized spacial score (nSPS) is 20.6. The Labute approximate surface area is 103 Å². The van der Waals surface area contributed by atoms with Crippen molar-refractivity contribution in [2.75, 3.05) is 0 Å². The fourth-order valence-corrected chi connectivity index (χ4v) is 2.47. The lowest BCUT2D eigenvalue weighted by atomic mass is 9.84. The number of primary amides is 1. The first kappa shape index (κ1) is 14.0. The molecular formula is C12H23N3O2. The summed E-state index contributed by atoms with van der Waals surface area (Å²) in [6, 6.07) is -0.891. The lowest BCUT2D eigenvalue weighted by molar-refractivity contribution is -0.121. The second-order valence-corrected chi connectivity index (χ2v) is 4.93. The number of imide groups is 1. The molecule has 1 aliphatic rings. The van der Waals surface area contributed by atoms with E-state index in [2.05, 4.69) is 17.6 Å². The SMILES string of the molecule is CC(N[C@@H](C)C1CCCCC1)C(=O)NC(N)=O. The van der Waals surface area contributed by atoms with Crippen molar-refractivity contribution in [3.8, 4) is 0 Å². The minimum Gasteiger partial charge on any atom is -0.351 e. The highest BCUT2D eigenvalue weighted by molar-refractivity contribution is 5.96. The Balaban J connectivity index is 2.35. The van der Waals surface area contributed by atoms with Gasteiger partial charge in [-0.05, 0) is 32.6 Å². The average Bonchev–Trinajstić information content (AvgIpc) is 2.29. The topological polar surface area (TPSA) is 84.2 Å². The zero-order chi connectivity index (χ0) is 12.8. The number of carbonyl (C=O) groups is 2. The second-order valence-electron chi connectivity index (χ2n) is 4.93. The van der Waals surface area contributed by atoms with Crippen molar-refractivity contribution in [3.05, 3.63) is 0 Å². The number of urea groups is 1. The summed E-state index contributed by atoms with van der Waals surface area (Å²) in [6.07, 6.45) is 6.31. The van der Waals surface area contributed by atoms with Gasteiger partial charge in [0.05, 0.1) is 6.04 Å². The number of carbonyl (C=O) groups excluding carboxylic acids is 2. The van der Waals surface area contributed by atoms with Gasteiger partial charge in [0.25, 0.3) is 0 Å². The molecule has 17 heavy (non-hydrogen) atoms. The monoisotopic (exact) mass is 241 g/mol. The van der Waals surface area contributed by atoms with Crippen LogP contribution in [-0.2, 0) is 4.79 Å². The van der Waals surface area contributed by atoms with E-state index in [9.17, 15) is 9.59 Å². The maximum absolute atomic E-state index is 11.5. The van der Waals surface area contributed by atoms with E-state index >= 15 is 0 Å². The molecule has 0 saturated heterocycles. The van der Waals surface area contributed by atoms with Crippen LogP contribution in [0.5, 0.6) is 0 Å². The van der Waals surface area contributed by atoms with Crippen molar-refractivity contribution >= 4 is 11.9 Å². The third-order valence-electron chi connectivity index (χ3n) is 3.51. The molecule has 0 aliphatic heterocycles. The van der Waals surface area contributed by atoms with Crippen molar-refractivity contribution in [1.29, 1.82) is 0 Å². The number of hydrogen-bond donors (Lipinski definition) is 3. The van der Waals surface area contributed by atoms with Gasteiger partial charge in [0.2, 0.25) is 5.91 Å². The van der Waals surface area contributed by atoms with E-state index < -0.39 is 6.03 Å². The van der Waals surface area contributed by atoms with E-state index in [0.29, 0.717) is 12.0 Å². The van der Waals surface area contributed by atoms with Gasteiger partial charge >= 0.3 is 6.03 Å². The van der Waals surface area contributed by atoms with Gasteiger partial charge in [-0.1, -0.05) is 19.3 Å². The number of rotatable bonds is 4. The lowest BCUT2D eigenvalue weighted by Crippen LogP contribution is -2.50. The molecule has 0 spiro atoms. The highest BCUT2D eigenvalue weighted by Crippen LogP contribution is 2.26. The third kappa shape index (κ3) is 4.73. The first-order valence-electron chi connectivity index (χ1n) is 6.37. The van der Waals surface area contributed by atoms with Gasteiger partial charge < -0.3 is 11.1 Å². The van der Waals surface area contributed by atoms with Crippen molar-refractivity contribution in [1.82, 2.24) is 10.6 Å². The fraction of sp³-hybridized carbons (Fsp3) is 0.833. The van der Waals surface area contributed by atoms with E-state index in [1.165, 1.54) is 32.1 Å². The van der Waals surface area contributed by atoms with Gasteiger partial charge in [0, 0.05) is 6.04 Å². The smallest absolute Gasteiger partial charge is 0.318 e. The summed E-state index contributed by atoms with van der Waals surface area (Å²) in [7, 11) is 0. The molecule has 0 heterocycles. The summed E-state index contributed by atoms with van der Waals surface area (Å²) in [5.74, 6) is 0.271. The number of nitrogens with one attached hydrogen (secondary N) is 2. The van der Waals surface area contributed by atoms with Gasteiger partial charge in [-0.3, -0.25) is 10.1 Å². The Morgan fingerprint density at radius 3 is 2.29 bits per heavy atom. The lowest BCUT2D eigenvalue weighted by Gasteiger charge is -2.30. The molecule has 0 bridgehead atoms. The maximum atomic E-state index is 11.5. The highest BCUT2D eigenvalue weighted by atomic mass is 16.2. The minimum absolute atomic E-state index is 0.295. The zero-order valence-corrected chi connectivity index (χ0v) is 10.7. The van der Waals surface area contributed by atoms with Crippen LogP contribution in [0.1, 0.15) is 46.0 Å². The molecule has 5 heteroatoms. The summed E-state index contributed by atoms with van der Waals surface area (Å²) in [5.41, 5.74) is 4.91. The molecular weight excluding hydrogens is 218 g/mol. The average molecular weight is 241 g/mol. The van der Waals surface area contributed by atoms with Crippen LogP contribution in [0.4, 0.5) is 4.79 Å². The second kappa shape index (κ2) is 6.59. The summed E-state index contributed by atoms with van der Waals surface area (Å²) < 4.78 is 0. The van der Waals surface area contributed by atoms with Crippen molar-refractivity contribution in [2.24, 2.45) is 11.7 Å². The van der Waals surface area contributed by atoms with Crippen LogP contribution >= 0.6 is 0 Å². The van der Waals surface area contributed by atoms with E-state index in [0.717, 1.165) is 0 Å². The number of nitrogens with two attached hydrogens (primary N) is 1. The van der Waals surface area contributed by atoms with E-state index in [1.807, 2.05) is 0 Å². The van der Waals surface area contributed by atoms with Gasteiger partial charge in [-0.15, -0.1) is 0 Å². The first-order chi connectivity index (χ1) is 8.00. The van der Waals surface area contributed by atoms with Crippen LogP contribution in [0.25, 0.3) is 0 Å². The van der Waals surface area contributed by atoms with Crippen LogP contribution in [0, 0.1) is 5.92 Å². The summed E-state index contributed by atoms with van der Waals surface area (Å²) in [4.78, 5) is 22.1. The van der Waals surface area contributed by atoms with Crippen LogP contribution in [0.15, 0.2) is 0 Å². The molecule has 4 N–H and O–H groups in total. The molecule has 1 unspecified atom stereocenters. The van der Waals surface area contributed by atoms with Crippen LogP contribution in [0.3, 0.4) is 0 Å². The molecule has 1 fully saturated rings. The van der Waals surface area contributed by atoms with Gasteiger partial charge in [-0.2, -0.15) is 0 Å². The van der Waals surface area contributed by atoms with Crippen molar-refractivity contribution in [3.63, 3.8) is 0 Å². The largest absolute Gasteiger partial charge is 0.351 e. The molecule has 1 aliphatic carbocycles. The molecule has 2 atom stereocenters. The summed E-state index contributed by atoms with van der Waals surface area (Å²) >= 11 is 0. The number of amides is 3. The predicted molar refractivity (Wildman–Crippen MR) is 66.4 cm³/mol. The fourth-order valence-electron chi connectivity index (χ4n) is 2.47. The van der Waals surface area contributed by atoms with Gasteiger partial charge in [0.1, 0.15) is 0 Å². The quantitative estimate of drug-likeness (QED) is 0.689. The van der Waals surface area contributed by atoms with Crippen LogP contribution in [0.2, 0.25) is 0 Å². The third-order valence-corrected chi connectivity index (χ3v) is 3.51. The Morgan fingerprint density at radius 1 is 1.18 bits per heavy atom. The molecule has 1 saturated carbocycles. The van der Waals surface area contributed by atoms with Crippen LogP contribution < -0.4 is 16.4 Å². The Hall–Kier alpha value is -1.10. The molecule has 0 aromatic heterocycles. The van der Waals surface area contributed by atoms with Crippen molar-refractivity contribution < 1.29 is 9.59 Å². The molecule has 3 amide bonds. The summed E-state index contributed by atoms with van der Waals surface area (Å²) in [5, 5.41) is 5.32. The Bertz CT molecular complexity index is 275. The molecule has 1 rings (SSSR count). The van der Waals surface area contributed by atoms with E-state index in [4.69, 9.17) is 5.73 Å². The minimum atomic E-state index is -0.797. The van der Waals surface area contributed by atoms with Gasteiger partial charge in [0.15, 0.2) is 0 Å². The molecule has 0 radical (unpaired) electrons.